The maximum atomic E-state index is 11.9. The van der Waals surface area contributed by atoms with Crippen molar-refractivity contribution in [2.45, 2.75) is 6.92 Å². The van der Waals surface area contributed by atoms with Crippen LogP contribution in [0.5, 0.6) is 11.5 Å². The number of nitrogens with zero attached hydrogens (tertiary/aromatic N) is 1. The van der Waals surface area contributed by atoms with E-state index in [9.17, 15) is 19.7 Å². The number of anilines is 1. The molecule has 0 fully saturated rings. The van der Waals surface area contributed by atoms with Crippen LogP contribution in [-0.2, 0) is 14.3 Å². The minimum absolute atomic E-state index is 0.149. The van der Waals surface area contributed by atoms with Gasteiger partial charge in [-0.1, -0.05) is 12.1 Å². The van der Waals surface area contributed by atoms with Crippen LogP contribution in [0.1, 0.15) is 11.1 Å². The summed E-state index contributed by atoms with van der Waals surface area (Å²) in [5.41, 5.74) is 1.49. The van der Waals surface area contributed by atoms with Gasteiger partial charge in [0.05, 0.1) is 10.6 Å². The summed E-state index contributed by atoms with van der Waals surface area (Å²) in [7, 11) is 0. The van der Waals surface area contributed by atoms with Crippen molar-refractivity contribution in [3.05, 3.63) is 63.7 Å². The first-order valence-electron chi connectivity index (χ1n) is 8.22. The topological polar surface area (TPSA) is 117 Å². The number of hydrogen-bond acceptors (Lipinski definition) is 7. The number of non-ortho nitro benzene ring substituents is 1. The Labute approximate surface area is 159 Å². The number of fused-ring (bicyclic) bond motifs is 1. The van der Waals surface area contributed by atoms with E-state index in [4.69, 9.17) is 14.2 Å². The SMILES string of the molecule is Cc1ccc([N+](=O)[O-])cc1NC(=O)COC(=O)/C=C/c1ccc2c(c1)OCO2. The Morgan fingerprint density at radius 1 is 1.21 bits per heavy atom. The molecular weight excluding hydrogens is 368 g/mol. The van der Waals surface area contributed by atoms with Crippen molar-refractivity contribution in [2.24, 2.45) is 0 Å². The molecule has 0 bridgehead atoms. The molecule has 1 amide bonds. The molecule has 2 aromatic rings. The van der Waals surface area contributed by atoms with Crippen LogP contribution < -0.4 is 14.8 Å². The smallest absolute Gasteiger partial charge is 0.331 e. The molecule has 1 aliphatic heterocycles. The lowest BCUT2D eigenvalue weighted by atomic mass is 10.2. The third-order valence-electron chi connectivity index (χ3n) is 3.86. The molecule has 0 saturated heterocycles. The first-order chi connectivity index (χ1) is 13.4. The van der Waals surface area contributed by atoms with Crippen LogP contribution in [0.15, 0.2) is 42.5 Å². The highest BCUT2D eigenvalue weighted by Gasteiger charge is 2.13. The number of nitro groups is 1. The third-order valence-corrected chi connectivity index (χ3v) is 3.86. The predicted octanol–water partition coefficient (Wildman–Crippen LogP) is 2.83. The molecule has 0 unspecified atom stereocenters. The van der Waals surface area contributed by atoms with Gasteiger partial charge < -0.3 is 19.5 Å². The molecule has 0 atom stereocenters. The number of carbonyl (C=O) groups is 2. The Bertz CT molecular complexity index is 969. The number of rotatable bonds is 6. The van der Waals surface area contributed by atoms with Gasteiger partial charge in [-0.25, -0.2) is 4.79 Å². The van der Waals surface area contributed by atoms with Crippen molar-refractivity contribution in [3.8, 4) is 11.5 Å². The van der Waals surface area contributed by atoms with Gasteiger partial charge in [0.25, 0.3) is 11.6 Å². The highest BCUT2D eigenvalue weighted by molar-refractivity contribution is 5.95. The minimum Gasteiger partial charge on any atom is -0.454 e. The fraction of sp³-hybridized carbons (Fsp3) is 0.158. The maximum Gasteiger partial charge on any atom is 0.331 e. The Balaban J connectivity index is 1.52. The minimum atomic E-state index is -0.705. The third kappa shape index (κ3) is 4.64. The lowest BCUT2D eigenvalue weighted by molar-refractivity contribution is -0.384. The summed E-state index contributed by atoms with van der Waals surface area (Å²) in [6.45, 7) is 1.33. The second-order valence-corrected chi connectivity index (χ2v) is 5.86. The molecule has 2 aromatic carbocycles. The number of hydrogen-bond donors (Lipinski definition) is 1. The van der Waals surface area contributed by atoms with E-state index in [2.05, 4.69) is 5.32 Å². The van der Waals surface area contributed by atoms with Gasteiger partial charge >= 0.3 is 5.97 Å². The van der Waals surface area contributed by atoms with Gasteiger partial charge in [0.1, 0.15) is 0 Å². The number of carbonyl (C=O) groups excluding carboxylic acids is 2. The van der Waals surface area contributed by atoms with Gasteiger partial charge in [-0.3, -0.25) is 14.9 Å². The van der Waals surface area contributed by atoms with Crippen LogP contribution in [0.2, 0.25) is 0 Å². The Kier molecular flexibility index (Phi) is 5.54. The van der Waals surface area contributed by atoms with E-state index >= 15 is 0 Å². The molecule has 1 heterocycles. The summed E-state index contributed by atoms with van der Waals surface area (Å²) in [5.74, 6) is -0.0907. The van der Waals surface area contributed by atoms with Crippen LogP contribution in [0, 0.1) is 17.0 Å². The predicted molar refractivity (Wildman–Crippen MR) is 99.0 cm³/mol. The zero-order valence-corrected chi connectivity index (χ0v) is 14.8. The van der Waals surface area contributed by atoms with Crippen LogP contribution in [0.4, 0.5) is 11.4 Å². The molecule has 0 aliphatic carbocycles. The molecule has 0 aromatic heterocycles. The van der Waals surface area contributed by atoms with E-state index in [0.717, 1.165) is 0 Å². The molecule has 1 N–H and O–H groups in total. The van der Waals surface area contributed by atoms with Crippen molar-refractivity contribution in [1.29, 1.82) is 0 Å². The van der Waals surface area contributed by atoms with Gasteiger partial charge in [-0.2, -0.15) is 0 Å². The van der Waals surface area contributed by atoms with E-state index in [-0.39, 0.29) is 18.2 Å². The number of ether oxygens (including phenoxy) is 3. The van der Waals surface area contributed by atoms with Gasteiger partial charge in [-0.15, -0.1) is 0 Å². The molecule has 0 spiro atoms. The Morgan fingerprint density at radius 3 is 2.79 bits per heavy atom. The molecule has 3 rings (SSSR count). The normalized spacial score (nSPS) is 12.0. The molecular formula is C19H16N2O7. The first-order valence-corrected chi connectivity index (χ1v) is 8.22. The Morgan fingerprint density at radius 2 is 2.00 bits per heavy atom. The molecule has 144 valence electrons. The monoisotopic (exact) mass is 384 g/mol. The van der Waals surface area contributed by atoms with Crippen molar-refractivity contribution in [2.75, 3.05) is 18.7 Å². The van der Waals surface area contributed by atoms with E-state index < -0.39 is 23.4 Å². The molecule has 1 aliphatic rings. The first kappa shape index (κ1) is 18.9. The highest BCUT2D eigenvalue weighted by Crippen LogP contribution is 2.32. The lowest BCUT2D eigenvalue weighted by Gasteiger charge is -2.08. The quantitative estimate of drug-likeness (QED) is 0.352. The van der Waals surface area contributed by atoms with Gasteiger partial charge in [0.15, 0.2) is 18.1 Å². The number of nitrogens with one attached hydrogen (secondary N) is 1. The largest absolute Gasteiger partial charge is 0.454 e. The summed E-state index contributed by atoms with van der Waals surface area (Å²) in [6.07, 6.45) is 2.70. The van der Waals surface area contributed by atoms with Crippen molar-refractivity contribution in [1.82, 2.24) is 0 Å². The number of amides is 1. The lowest BCUT2D eigenvalue weighted by Crippen LogP contribution is -2.20. The van der Waals surface area contributed by atoms with E-state index in [1.165, 1.54) is 30.4 Å². The standard InChI is InChI=1S/C19H16N2O7/c1-12-2-5-14(21(24)25)9-15(12)20-18(22)10-26-19(23)7-4-13-3-6-16-17(8-13)28-11-27-16/h2-9H,10-11H2,1H3,(H,20,22)/b7-4+. The molecule has 28 heavy (non-hydrogen) atoms. The average Bonchev–Trinajstić information content (AvgIpc) is 3.14. The fourth-order valence-corrected chi connectivity index (χ4v) is 2.41. The average molecular weight is 384 g/mol. The molecule has 9 nitrogen and oxygen atoms in total. The van der Waals surface area contributed by atoms with E-state index in [1.807, 2.05) is 0 Å². The van der Waals surface area contributed by atoms with Crippen LogP contribution in [0.25, 0.3) is 6.08 Å². The van der Waals surface area contributed by atoms with Gasteiger partial charge in [0, 0.05) is 18.2 Å². The number of aryl methyl sites for hydroxylation is 1. The number of esters is 1. The van der Waals surface area contributed by atoms with Gasteiger partial charge in [0.2, 0.25) is 6.79 Å². The summed E-state index contributed by atoms with van der Waals surface area (Å²) in [4.78, 5) is 34.0. The summed E-state index contributed by atoms with van der Waals surface area (Å²) in [6, 6.07) is 9.29. The number of benzene rings is 2. The molecule has 0 saturated carbocycles. The maximum absolute atomic E-state index is 11.9. The zero-order valence-electron chi connectivity index (χ0n) is 14.8. The van der Waals surface area contributed by atoms with Crippen LogP contribution in [-0.4, -0.2) is 30.2 Å². The van der Waals surface area contributed by atoms with Crippen molar-refractivity contribution in [3.63, 3.8) is 0 Å². The van der Waals surface area contributed by atoms with Crippen molar-refractivity contribution < 1.29 is 28.7 Å². The molecule has 0 radical (unpaired) electrons. The second kappa shape index (κ2) is 8.21. The van der Waals surface area contributed by atoms with E-state index in [0.29, 0.717) is 22.6 Å². The van der Waals surface area contributed by atoms with Crippen LogP contribution in [0.3, 0.4) is 0 Å². The second-order valence-electron chi connectivity index (χ2n) is 5.86. The summed E-state index contributed by atoms with van der Waals surface area (Å²) in [5, 5.41) is 13.3. The van der Waals surface area contributed by atoms with Gasteiger partial charge in [-0.05, 0) is 36.3 Å². The fourth-order valence-electron chi connectivity index (χ4n) is 2.41. The highest BCUT2D eigenvalue weighted by atomic mass is 16.7. The zero-order chi connectivity index (χ0) is 20.1. The molecule has 9 heteroatoms. The van der Waals surface area contributed by atoms with Crippen LogP contribution >= 0.6 is 0 Å². The van der Waals surface area contributed by atoms with E-state index in [1.54, 1.807) is 25.1 Å². The summed E-state index contributed by atoms with van der Waals surface area (Å²) < 4.78 is 15.3. The Hall–Kier alpha value is -3.88. The van der Waals surface area contributed by atoms with Crippen molar-refractivity contribution >= 4 is 29.3 Å². The number of nitro benzene ring substituents is 1. The summed E-state index contributed by atoms with van der Waals surface area (Å²) >= 11 is 0.